The minimum atomic E-state index is -1.65. The SMILES string of the molecule is CC(C)C[C@H](C)C(=O)N[C@@H](Cc1c[nH]c2ccccc12)C(=O)N[C@@H](CCCN=C(N)N)C(=O)N[C@@H](CO)C(=O)N[C@H](CCCN=C(N)N)C(=O)N[C@H](CCCN=C(N)N)C(=O)N[C@@H](C)CCCN=C(N)N. The minimum absolute atomic E-state index is 0.0387. The molecule has 0 saturated carbocycles. The molecule has 26 nitrogen and oxygen atoms in total. The van der Waals surface area contributed by atoms with Crippen molar-refractivity contribution >= 4 is 70.2 Å². The van der Waals surface area contributed by atoms with Gasteiger partial charge in [-0.15, -0.1) is 0 Å². The molecule has 0 aliphatic heterocycles. The van der Waals surface area contributed by atoms with Crippen LogP contribution < -0.4 is 77.8 Å². The number of H-pyrrole nitrogens is 1. The number of rotatable bonds is 33. The summed E-state index contributed by atoms with van der Waals surface area (Å²) in [5.74, 6) is -5.03. The fourth-order valence-corrected chi connectivity index (χ4v) is 7.48. The predicted octanol–water partition coefficient (Wildman–Crippen LogP) is -3.47. The number of hydrogen-bond acceptors (Lipinski definition) is 11. The number of amides is 6. The van der Waals surface area contributed by atoms with Crippen molar-refractivity contribution in [3.05, 3.63) is 36.0 Å². The van der Waals surface area contributed by atoms with Gasteiger partial charge in [-0.3, -0.25) is 48.7 Å². The number of aliphatic hydroxyl groups excluding tert-OH is 1. The maximum absolute atomic E-state index is 14.3. The maximum Gasteiger partial charge on any atom is 0.245 e. The molecule has 1 heterocycles. The van der Waals surface area contributed by atoms with Crippen molar-refractivity contribution in [2.75, 3.05) is 32.8 Å². The van der Waals surface area contributed by atoms with Gasteiger partial charge in [-0.05, 0) is 82.3 Å². The third-order valence-corrected chi connectivity index (χ3v) is 11.0. The number of guanidine groups is 4. The third-order valence-electron chi connectivity index (χ3n) is 11.0. The van der Waals surface area contributed by atoms with E-state index < -0.39 is 72.3 Å². The standard InChI is InChI=1S/C45H79N19O7/c1-25(2)21-26(3)36(66)63-34(22-28-23-58-30-13-6-5-12-29(28)30)40(70)61-33(16-10-20-57-45(52)53)39(69)64-35(24-65)41(71)62-32(15-9-19-56-44(50)51)38(68)60-31(14-8-18-55-43(48)49)37(67)59-27(4)11-7-17-54-42(46)47/h5-6,12-13,23,25-27,31-35,58,65H,7-11,14-22,24H2,1-4H3,(H,59,67)(H,60,68)(H,61,70)(H,62,71)(H,63,66)(H,64,69)(H4,46,47,54)(H4,48,49,55)(H4,50,51,56)(H4,52,53,57)/t26-,27-,31+,32+,33-,34-,35-/m0/s1. The molecule has 71 heavy (non-hydrogen) atoms. The van der Waals surface area contributed by atoms with Crippen LogP contribution in [0.2, 0.25) is 0 Å². The molecule has 24 N–H and O–H groups in total. The molecular formula is C45H79N19O7. The van der Waals surface area contributed by atoms with Crippen molar-refractivity contribution in [2.45, 2.75) is 128 Å². The van der Waals surface area contributed by atoms with Crippen LogP contribution in [0, 0.1) is 11.8 Å². The zero-order valence-electron chi connectivity index (χ0n) is 41.4. The number of carbonyl (C=O) groups is 6. The predicted molar refractivity (Wildman–Crippen MR) is 275 cm³/mol. The van der Waals surface area contributed by atoms with E-state index in [1.807, 2.05) is 38.1 Å². The van der Waals surface area contributed by atoms with Crippen LogP contribution in [0.3, 0.4) is 0 Å². The first-order chi connectivity index (χ1) is 33.6. The molecule has 1 aromatic heterocycles. The number of carbonyl (C=O) groups excluding carboxylic acids is 6. The van der Waals surface area contributed by atoms with Crippen molar-refractivity contribution in [2.24, 2.45) is 77.7 Å². The van der Waals surface area contributed by atoms with E-state index in [-0.39, 0.29) is 106 Å². The number of fused-ring (bicyclic) bond motifs is 1. The van der Waals surface area contributed by atoms with E-state index >= 15 is 0 Å². The lowest BCUT2D eigenvalue weighted by Crippen LogP contribution is -2.60. The van der Waals surface area contributed by atoms with Gasteiger partial charge in [-0.1, -0.05) is 39.0 Å². The highest BCUT2D eigenvalue weighted by Gasteiger charge is 2.33. The number of nitrogens with zero attached hydrogens (tertiary/aromatic N) is 4. The molecule has 0 spiro atoms. The van der Waals surface area contributed by atoms with Gasteiger partial charge in [0, 0.05) is 61.7 Å². The summed E-state index contributed by atoms with van der Waals surface area (Å²) in [6, 6.07) is 0.542. The first-order valence-corrected chi connectivity index (χ1v) is 23.8. The number of aliphatic hydroxyl groups is 1. The quantitative estimate of drug-likeness (QED) is 0.0188. The van der Waals surface area contributed by atoms with E-state index in [4.69, 9.17) is 45.9 Å². The Kier molecular flexibility index (Phi) is 26.7. The highest BCUT2D eigenvalue weighted by molar-refractivity contribution is 5.97. The molecule has 0 radical (unpaired) electrons. The van der Waals surface area contributed by atoms with Crippen LogP contribution in [-0.2, 0) is 35.2 Å². The third kappa shape index (κ3) is 23.7. The molecule has 1 aromatic carbocycles. The highest BCUT2D eigenvalue weighted by Crippen LogP contribution is 2.20. The highest BCUT2D eigenvalue weighted by atomic mass is 16.3. The van der Waals surface area contributed by atoms with E-state index in [0.29, 0.717) is 25.8 Å². The van der Waals surface area contributed by atoms with Gasteiger partial charge >= 0.3 is 0 Å². The molecular weight excluding hydrogens is 919 g/mol. The fraction of sp³-hybridized carbons (Fsp3) is 0.600. The van der Waals surface area contributed by atoms with Gasteiger partial charge in [0.15, 0.2) is 23.8 Å². The number of aromatic nitrogens is 1. The number of aromatic amines is 1. The van der Waals surface area contributed by atoms with Gasteiger partial charge in [0.05, 0.1) is 6.61 Å². The van der Waals surface area contributed by atoms with Crippen LogP contribution in [-0.4, -0.2) is 138 Å². The number of aliphatic imine (C=N–C) groups is 4. The zero-order valence-corrected chi connectivity index (χ0v) is 41.4. The second-order valence-electron chi connectivity index (χ2n) is 17.8. The van der Waals surface area contributed by atoms with E-state index in [9.17, 15) is 33.9 Å². The van der Waals surface area contributed by atoms with E-state index in [0.717, 1.165) is 16.5 Å². The van der Waals surface area contributed by atoms with Crippen LogP contribution in [0.4, 0.5) is 0 Å². The summed E-state index contributed by atoms with van der Waals surface area (Å²) >= 11 is 0. The first-order valence-electron chi connectivity index (χ1n) is 23.8. The monoisotopic (exact) mass is 998 g/mol. The summed E-state index contributed by atoms with van der Waals surface area (Å²) in [6.07, 6.45) is 4.09. The number of para-hydroxylation sites is 1. The van der Waals surface area contributed by atoms with Gasteiger partial charge in [-0.25, -0.2) is 0 Å². The largest absolute Gasteiger partial charge is 0.394 e. The molecule has 396 valence electrons. The number of nitrogens with two attached hydrogens (primary N) is 8. The van der Waals surface area contributed by atoms with E-state index in [1.54, 1.807) is 20.0 Å². The van der Waals surface area contributed by atoms with Crippen molar-refractivity contribution < 1.29 is 33.9 Å². The van der Waals surface area contributed by atoms with Crippen molar-refractivity contribution in [1.29, 1.82) is 0 Å². The average Bonchev–Trinajstić information content (AvgIpc) is 3.71. The smallest absolute Gasteiger partial charge is 0.245 e. The Morgan fingerprint density at radius 1 is 0.521 bits per heavy atom. The normalized spacial score (nSPS) is 13.9. The lowest BCUT2D eigenvalue weighted by atomic mass is 9.97. The van der Waals surface area contributed by atoms with Crippen LogP contribution in [0.1, 0.15) is 91.0 Å². The Morgan fingerprint density at radius 2 is 0.901 bits per heavy atom. The van der Waals surface area contributed by atoms with E-state index in [1.165, 1.54) is 0 Å². The lowest BCUT2D eigenvalue weighted by molar-refractivity contribution is -0.136. The molecule has 0 bridgehead atoms. The number of nitrogens with one attached hydrogen (secondary N) is 7. The van der Waals surface area contributed by atoms with Gasteiger partial charge in [0.2, 0.25) is 35.4 Å². The lowest BCUT2D eigenvalue weighted by Gasteiger charge is -2.27. The van der Waals surface area contributed by atoms with Gasteiger partial charge in [-0.2, -0.15) is 0 Å². The second-order valence-corrected chi connectivity index (χ2v) is 17.8. The van der Waals surface area contributed by atoms with E-state index in [2.05, 4.69) is 56.9 Å². The molecule has 6 amide bonds. The second kappa shape index (κ2) is 31.7. The molecule has 2 rings (SSSR count). The molecule has 0 saturated heterocycles. The fourth-order valence-electron chi connectivity index (χ4n) is 7.48. The molecule has 0 aliphatic rings. The molecule has 26 heteroatoms. The van der Waals surface area contributed by atoms with Gasteiger partial charge in [0.25, 0.3) is 0 Å². The Hall–Kier alpha value is -7.38. The van der Waals surface area contributed by atoms with Crippen LogP contribution in [0.5, 0.6) is 0 Å². The summed E-state index contributed by atoms with van der Waals surface area (Å²) in [7, 11) is 0. The summed E-state index contributed by atoms with van der Waals surface area (Å²) in [4.78, 5) is 102. The summed E-state index contributed by atoms with van der Waals surface area (Å²) < 4.78 is 0. The Labute approximate surface area is 414 Å². The van der Waals surface area contributed by atoms with Gasteiger partial charge < -0.3 is 87.9 Å². The number of benzene rings is 1. The Morgan fingerprint density at radius 3 is 1.34 bits per heavy atom. The van der Waals surface area contributed by atoms with Crippen molar-refractivity contribution in [3.63, 3.8) is 0 Å². The summed E-state index contributed by atoms with van der Waals surface area (Å²) in [6.45, 7) is 7.22. The Bertz CT molecular complexity index is 2140. The summed E-state index contributed by atoms with van der Waals surface area (Å²) in [5.41, 5.74) is 45.4. The zero-order chi connectivity index (χ0) is 53.0. The van der Waals surface area contributed by atoms with Gasteiger partial charge in [0.1, 0.15) is 30.2 Å². The van der Waals surface area contributed by atoms with Crippen LogP contribution >= 0.6 is 0 Å². The number of hydrogen-bond donors (Lipinski definition) is 16. The van der Waals surface area contributed by atoms with Crippen LogP contribution in [0.15, 0.2) is 50.4 Å². The molecule has 7 atom stereocenters. The topological polar surface area (TPSA) is 468 Å². The average molecular weight is 998 g/mol. The molecule has 0 aliphatic carbocycles. The van der Waals surface area contributed by atoms with Crippen molar-refractivity contribution in [1.82, 2.24) is 36.9 Å². The first kappa shape index (κ1) is 59.7. The Balaban J connectivity index is 2.41. The molecule has 0 fully saturated rings. The maximum atomic E-state index is 14.3. The summed E-state index contributed by atoms with van der Waals surface area (Å²) in [5, 5.41) is 27.6. The van der Waals surface area contributed by atoms with Crippen LogP contribution in [0.25, 0.3) is 10.9 Å². The van der Waals surface area contributed by atoms with Crippen molar-refractivity contribution in [3.8, 4) is 0 Å². The minimum Gasteiger partial charge on any atom is -0.394 e. The molecule has 2 aromatic rings. The molecule has 0 unspecified atom stereocenters.